The first-order chi connectivity index (χ1) is 14.7. The highest BCUT2D eigenvalue weighted by molar-refractivity contribution is 5.69. The van der Waals surface area contributed by atoms with Gasteiger partial charge in [0, 0.05) is 23.4 Å². The van der Waals surface area contributed by atoms with Crippen molar-refractivity contribution < 1.29 is 31.5 Å². The van der Waals surface area contributed by atoms with Gasteiger partial charge in [-0.25, -0.2) is 14.2 Å². The van der Waals surface area contributed by atoms with E-state index in [1.54, 1.807) is 6.07 Å². The zero-order valence-electron chi connectivity index (χ0n) is 15.6. The molecule has 0 aliphatic carbocycles. The second-order valence-electron chi connectivity index (χ2n) is 6.67. The van der Waals surface area contributed by atoms with Gasteiger partial charge in [0.2, 0.25) is 5.95 Å². The molecule has 1 aromatic carbocycles. The molecule has 0 spiro atoms. The van der Waals surface area contributed by atoms with Gasteiger partial charge in [0.05, 0.1) is 11.8 Å². The first-order valence-corrected chi connectivity index (χ1v) is 8.91. The van der Waals surface area contributed by atoms with E-state index in [-0.39, 0.29) is 12.2 Å². The zero-order chi connectivity index (χ0) is 22.3. The van der Waals surface area contributed by atoms with Gasteiger partial charge < -0.3 is 5.11 Å². The fourth-order valence-electron chi connectivity index (χ4n) is 3.30. The predicted octanol–water partition coefficient (Wildman–Crippen LogP) is 3.70. The van der Waals surface area contributed by atoms with Crippen LogP contribution in [0.5, 0.6) is 5.88 Å². The van der Waals surface area contributed by atoms with Gasteiger partial charge >= 0.3 is 11.7 Å². The van der Waals surface area contributed by atoms with Crippen molar-refractivity contribution in [1.29, 1.82) is 0 Å². The van der Waals surface area contributed by atoms with E-state index in [0.29, 0.717) is 11.6 Å². The molecule has 4 aromatic rings. The summed E-state index contributed by atoms with van der Waals surface area (Å²) in [6.45, 7) is -0.111. The van der Waals surface area contributed by atoms with E-state index >= 15 is 0 Å². The van der Waals surface area contributed by atoms with Crippen LogP contribution in [0.2, 0.25) is 0 Å². The van der Waals surface area contributed by atoms with Crippen molar-refractivity contribution >= 4 is 5.65 Å². The Bertz CT molecular complexity index is 1350. The van der Waals surface area contributed by atoms with Crippen LogP contribution in [-0.4, -0.2) is 14.7 Å². The number of fused-ring (bicyclic) bond motifs is 1. The molecule has 0 radical (unpaired) electrons. The van der Waals surface area contributed by atoms with E-state index in [1.807, 2.05) is 0 Å². The van der Waals surface area contributed by atoms with Gasteiger partial charge in [-0.3, -0.25) is 0 Å². The summed E-state index contributed by atoms with van der Waals surface area (Å²) in [7, 11) is 0. The third-order valence-corrected chi connectivity index (χ3v) is 4.73. The fraction of sp³-hybridized carbons (Fsp3) is 0.0952. The summed E-state index contributed by atoms with van der Waals surface area (Å²) >= 11 is 0. The Morgan fingerprint density at radius 3 is 2.48 bits per heavy atom. The van der Waals surface area contributed by atoms with Crippen molar-refractivity contribution in [2.24, 2.45) is 0 Å². The molecule has 0 aliphatic heterocycles. The first kappa shape index (κ1) is 20.5. The lowest BCUT2D eigenvalue weighted by Crippen LogP contribution is -2.43. The Hall–Kier alpha value is -3.82. The molecule has 10 heteroatoms. The number of rotatable bonds is 3. The molecule has 0 aliphatic rings. The largest absolute Gasteiger partial charge is 0.477 e. The Morgan fingerprint density at radius 1 is 1.03 bits per heavy atom. The van der Waals surface area contributed by atoms with Crippen LogP contribution in [0.3, 0.4) is 0 Å². The van der Waals surface area contributed by atoms with Crippen molar-refractivity contribution in [1.82, 2.24) is 9.55 Å². The van der Waals surface area contributed by atoms with Crippen LogP contribution in [0.4, 0.5) is 22.0 Å². The molecule has 0 saturated heterocycles. The summed E-state index contributed by atoms with van der Waals surface area (Å²) in [6.07, 6.45) is -2.44. The van der Waals surface area contributed by atoms with Gasteiger partial charge in [-0.2, -0.15) is 26.5 Å². The van der Waals surface area contributed by atoms with E-state index in [1.165, 1.54) is 35.2 Å². The molecule has 3 heterocycles. The number of alkyl halides is 3. The fourth-order valence-corrected chi connectivity index (χ4v) is 3.30. The molecule has 1 N–H and O–H groups in total. The van der Waals surface area contributed by atoms with Crippen molar-refractivity contribution in [2.45, 2.75) is 12.7 Å². The standard InChI is InChI=1S/C21H12F5N3O2/c22-15-8-7-12(10-27-15)11-29-16-6-1-2-9-28(16)19(30)17(20(29)31)13-4-3-5-14(18(13)23)21(24,25)26/h1-10H,11H2/p+1. The SMILES string of the molecule is O=c1c(-c2cccc(C(F)(F)F)c2F)c(O)n(Cc2ccc(F)nc2)c2cccc[n+]12. The number of nitrogens with zero attached hydrogens (tertiary/aromatic N) is 3. The maximum Gasteiger partial charge on any atom is 0.419 e. The van der Waals surface area contributed by atoms with E-state index in [9.17, 15) is 31.9 Å². The number of halogens is 5. The molecule has 0 atom stereocenters. The number of pyridine rings is 2. The highest BCUT2D eigenvalue weighted by atomic mass is 19.4. The zero-order valence-corrected chi connectivity index (χ0v) is 15.6. The summed E-state index contributed by atoms with van der Waals surface area (Å²) in [5.74, 6) is -3.13. The van der Waals surface area contributed by atoms with Gasteiger partial charge in [0.15, 0.2) is 5.56 Å². The summed E-state index contributed by atoms with van der Waals surface area (Å²) in [6, 6.07) is 9.55. The molecule has 31 heavy (non-hydrogen) atoms. The predicted molar refractivity (Wildman–Crippen MR) is 99.2 cm³/mol. The quantitative estimate of drug-likeness (QED) is 0.304. The average molecular weight is 434 g/mol. The monoisotopic (exact) mass is 434 g/mol. The molecule has 4 rings (SSSR count). The molecular formula is C21H13F5N3O2+. The topological polar surface area (TPSA) is 59.2 Å². The minimum atomic E-state index is -4.99. The number of benzene rings is 1. The molecule has 0 fully saturated rings. The Kier molecular flexibility index (Phi) is 4.92. The number of hydrogen-bond acceptors (Lipinski definition) is 3. The van der Waals surface area contributed by atoms with E-state index in [2.05, 4.69) is 4.98 Å². The third kappa shape index (κ3) is 3.60. The molecule has 0 bridgehead atoms. The van der Waals surface area contributed by atoms with Gasteiger partial charge in [-0.05, 0) is 24.3 Å². The van der Waals surface area contributed by atoms with Gasteiger partial charge in [0.25, 0.3) is 11.5 Å². The lowest BCUT2D eigenvalue weighted by Gasteiger charge is -2.13. The second kappa shape index (κ2) is 7.46. The van der Waals surface area contributed by atoms with Crippen LogP contribution < -0.4 is 9.96 Å². The van der Waals surface area contributed by atoms with Crippen molar-refractivity contribution in [2.75, 3.05) is 0 Å². The minimum Gasteiger partial charge on any atom is -0.477 e. The van der Waals surface area contributed by atoms with Gasteiger partial charge in [-0.15, -0.1) is 0 Å². The number of aromatic nitrogens is 3. The molecule has 0 saturated carbocycles. The number of hydrogen-bond donors (Lipinski definition) is 1. The van der Waals surface area contributed by atoms with Crippen LogP contribution in [0.15, 0.2) is 65.7 Å². The molecule has 0 amide bonds. The molecule has 5 nitrogen and oxygen atoms in total. The van der Waals surface area contributed by atoms with Crippen LogP contribution in [0.25, 0.3) is 16.8 Å². The molecule has 3 aromatic heterocycles. The van der Waals surface area contributed by atoms with Crippen molar-refractivity contribution in [3.8, 4) is 17.0 Å². The maximum atomic E-state index is 14.8. The molecular weight excluding hydrogens is 421 g/mol. The smallest absolute Gasteiger partial charge is 0.419 e. The van der Waals surface area contributed by atoms with Crippen LogP contribution >= 0.6 is 0 Å². The van der Waals surface area contributed by atoms with E-state index in [0.717, 1.165) is 22.6 Å². The lowest BCUT2D eigenvalue weighted by molar-refractivity contribution is -0.532. The Labute approximate surface area is 171 Å². The summed E-state index contributed by atoms with van der Waals surface area (Å²) < 4.78 is 69.7. The highest BCUT2D eigenvalue weighted by Gasteiger charge is 2.37. The summed E-state index contributed by atoms with van der Waals surface area (Å²) in [5, 5.41) is 10.9. The Balaban J connectivity index is 2.02. The molecule has 0 unspecified atom stereocenters. The lowest BCUT2D eigenvalue weighted by atomic mass is 10.0. The van der Waals surface area contributed by atoms with Crippen molar-refractivity contribution in [3.05, 3.63) is 94.2 Å². The van der Waals surface area contributed by atoms with Gasteiger partial charge in [-0.1, -0.05) is 18.2 Å². The third-order valence-electron chi connectivity index (χ3n) is 4.73. The van der Waals surface area contributed by atoms with Crippen LogP contribution in [0.1, 0.15) is 11.1 Å². The van der Waals surface area contributed by atoms with E-state index < -0.39 is 46.1 Å². The van der Waals surface area contributed by atoms with E-state index in [4.69, 9.17) is 0 Å². The van der Waals surface area contributed by atoms with Crippen LogP contribution in [-0.2, 0) is 12.7 Å². The highest BCUT2D eigenvalue weighted by Crippen LogP contribution is 2.36. The average Bonchev–Trinajstić information content (AvgIpc) is 2.73. The number of aromatic hydroxyl groups is 1. The molecule has 158 valence electrons. The Morgan fingerprint density at radius 2 is 1.81 bits per heavy atom. The normalized spacial score (nSPS) is 11.8. The van der Waals surface area contributed by atoms with Crippen LogP contribution in [0, 0.1) is 11.8 Å². The second-order valence-corrected chi connectivity index (χ2v) is 6.67. The maximum absolute atomic E-state index is 14.8. The summed E-state index contributed by atoms with van der Waals surface area (Å²) in [5.41, 5.74) is -3.17. The van der Waals surface area contributed by atoms with Crippen molar-refractivity contribution in [3.63, 3.8) is 0 Å². The minimum absolute atomic E-state index is 0.111. The first-order valence-electron chi connectivity index (χ1n) is 8.91. The van der Waals surface area contributed by atoms with Gasteiger partial charge in [0.1, 0.15) is 12.4 Å². The summed E-state index contributed by atoms with van der Waals surface area (Å²) in [4.78, 5) is 16.5.